The minimum absolute atomic E-state index is 0.304. The third kappa shape index (κ3) is 1.90. The van der Waals surface area contributed by atoms with Crippen molar-refractivity contribution in [2.24, 2.45) is 0 Å². The lowest BCUT2D eigenvalue weighted by molar-refractivity contribution is 0.0672. The molecule has 4 nitrogen and oxygen atoms in total. The van der Waals surface area contributed by atoms with Crippen LogP contribution in [-0.2, 0) is 11.2 Å². The Kier molecular flexibility index (Phi) is 3.04. The molecule has 0 unspecified atom stereocenters. The molecule has 0 atom stereocenters. The summed E-state index contributed by atoms with van der Waals surface area (Å²) in [4.78, 5) is 4.35. The van der Waals surface area contributed by atoms with Crippen LogP contribution in [0.3, 0.4) is 0 Å². The van der Waals surface area contributed by atoms with Crippen molar-refractivity contribution in [1.29, 1.82) is 0 Å². The lowest BCUT2D eigenvalue weighted by Crippen LogP contribution is -2.20. The number of hydrogen-bond donors (Lipinski definition) is 0. The largest absolute Gasteiger partial charge is 0.381 e. The first-order valence-corrected chi connectivity index (χ1v) is 6.47. The maximum atomic E-state index is 7.68. The smallest absolute Gasteiger partial charge is 0.158 e. The van der Waals surface area contributed by atoms with Crippen molar-refractivity contribution >= 4 is 11.0 Å². The zero-order chi connectivity index (χ0) is 12.5. The van der Waals surface area contributed by atoms with Gasteiger partial charge >= 0.3 is 0 Å². The van der Waals surface area contributed by atoms with Crippen molar-refractivity contribution in [2.75, 3.05) is 13.2 Å². The molecule has 18 heavy (non-hydrogen) atoms. The van der Waals surface area contributed by atoms with E-state index in [0.717, 1.165) is 49.2 Å². The van der Waals surface area contributed by atoms with Gasteiger partial charge < -0.3 is 4.74 Å². The SMILES string of the molecule is [C]c1ccc2c(CC)nn(C3CCOCC3)c2n1. The fraction of sp³-hybridized carbons (Fsp3) is 0.500. The van der Waals surface area contributed by atoms with Gasteiger partial charge in [-0.1, -0.05) is 6.92 Å². The molecule has 93 valence electrons. The van der Waals surface area contributed by atoms with Crippen LogP contribution in [0.15, 0.2) is 12.1 Å². The van der Waals surface area contributed by atoms with Crippen molar-refractivity contribution in [3.8, 4) is 0 Å². The standard InChI is InChI=1S/C14H16N3O/c1-3-13-12-5-4-10(2)15-14(12)17(16-13)11-6-8-18-9-7-11/h4-5,11H,3,6-9H2,1H3. The number of nitrogens with zero attached hydrogens (tertiary/aromatic N) is 3. The fourth-order valence-corrected chi connectivity index (χ4v) is 2.53. The van der Waals surface area contributed by atoms with Crippen LogP contribution >= 0.6 is 0 Å². The van der Waals surface area contributed by atoms with E-state index in [0.29, 0.717) is 11.7 Å². The highest BCUT2D eigenvalue weighted by Gasteiger charge is 2.21. The molecule has 3 radical (unpaired) electrons. The van der Waals surface area contributed by atoms with Gasteiger partial charge in [0.05, 0.1) is 24.4 Å². The summed E-state index contributed by atoms with van der Waals surface area (Å²) in [5, 5.41) is 5.77. The first-order valence-electron chi connectivity index (χ1n) is 6.47. The Morgan fingerprint density at radius 1 is 1.39 bits per heavy atom. The van der Waals surface area contributed by atoms with Gasteiger partial charge in [-0.2, -0.15) is 5.10 Å². The number of rotatable bonds is 2. The second-order valence-corrected chi connectivity index (χ2v) is 4.66. The Hall–Kier alpha value is -1.42. The molecule has 1 aliphatic rings. The zero-order valence-electron chi connectivity index (χ0n) is 10.5. The van der Waals surface area contributed by atoms with Gasteiger partial charge in [0.25, 0.3) is 0 Å². The first kappa shape index (κ1) is 11.7. The minimum atomic E-state index is 0.304. The Morgan fingerprint density at radius 2 is 2.17 bits per heavy atom. The van der Waals surface area contributed by atoms with Crippen molar-refractivity contribution in [3.05, 3.63) is 30.4 Å². The van der Waals surface area contributed by atoms with Crippen molar-refractivity contribution in [2.45, 2.75) is 32.2 Å². The summed E-state index contributed by atoms with van der Waals surface area (Å²) >= 11 is 0. The Morgan fingerprint density at radius 3 is 2.89 bits per heavy atom. The maximum absolute atomic E-state index is 7.68. The van der Waals surface area contributed by atoms with Crippen molar-refractivity contribution in [3.63, 3.8) is 0 Å². The van der Waals surface area contributed by atoms with Gasteiger partial charge in [-0.25, -0.2) is 9.67 Å². The highest BCUT2D eigenvalue weighted by molar-refractivity contribution is 5.78. The second-order valence-electron chi connectivity index (χ2n) is 4.66. The van der Waals surface area contributed by atoms with Crippen molar-refractivity contribution < 1.29 is 4.74 Å². The number of ether oxygens (including phenoxy) is 1. The molecule has 1 aliphatic heterocycles. The average molecular weight is 242 g/mol. The summed E-state index contributed by atoms with van der Waals surface area (Å²) in [5.41, 5.74) is 2.23. The molecule has 0 aliphatic carbocycles. The maximum Gasteiger partial charge on any atom is 0.158 e. The van der Waals surface area contributed by atoms with Crippen LogP contribution in [0, 0.1) is 6.92 Å². The average Bonchev–Trinajstić information content (AvgIpc) is 2.77. The molecular weight excluding hydrogens is 226 g/mol. The summed E-state index contributed by atoms with van der Waals surface area (Å²) in [6, 6.07) is 4.06. The molecule has 0 amide bonds. The summed E-state index contributed by atoms with van der Waals surface area (Å²) in [5.74, 6) is 0. The summed E-state index contributed by atoms with van der Waals surface area (Å²) in [6.07, 6.45) is 2.85. The molecule has 0 saturated carbocycles. The Bertz CT molecular complexity index is 555. The van der Waals surface area contributed by atoms with E-state index in [4.69, 9.17) is 11.7 Å². The lowest BCUT2D eigenvalue weighted by Gasteiger charge is -2.22. The van der Waals surface area contributed by atoms with Crippen LogP contribution < -0.4 is 0 Å². The van der Waals surface area contributed by atoms with Gasteiger partial charge in [0.1, 0.15) is 0 Å². The van der Waals surface area contributed by atoms with Crippen LogP contribution in [0.25, 0.3) is 11.0 Å². The van der Waals surface area contributed by atoms with E-state index < -0.39 is 0 Å². The van der Waals surface area contributed by atoms with E-state index in [1.807, 2.05) is 10.7 Å². The summed E-state index contributed by atoms with van der Waals surface area (Å²) in [6.45, 7) is 11.4. The highest BCUT2D eigenvalue weighted by atomic mass is 16.5. The molecule has 3 rings (SSSR count). The lowest BCUT2D eigenvalue weighted by atomic mass is 10.1. The zero-order valence-corrected chi connectivity index (χ0v) is 10.5. The normalized spacial score (nSPS) is 17.4. The van der Waals surface area contributed by atoms with Gasteiger partial charge in [-0.15, -0.1) is 0 Å². The Balaban J connectivity index is 2.12. The molecule has 0 aromatic carbocycles. The summed E-state index contributed by atoms with van der Waals surface area (Å²) in [7, 11) is 0. The van der Waals surface area contributed by atoms with Crippen LogP contribution in [0.1, 0.15) is 37.2 Å². The number of aromatic nitrogens is 3. The van der Waals surface area contributed by atoms with Gasteiger partial charge in [0.15, 0.2) is 5.65 Å². The number of hydrogen-bond acceptors (Lipinski definition) is 3. The van der Waals surface area contributed by atoms with Crippen LogP contribution in [-0.4, -0.2) is 28.0 Å². The predicted octanol–water partition coefficient (Wildman–Crippen LogP) is 2.28. The van der Waals surface area contributed by atoms with Crippen LogP contribution in [0.2, 0.25) is 0 Å². The molecule has 4 heteroatoms. The topological polar surface area (TPSA) is 39.9 Å². The molecule has 2 aromatic rings. The van der Waals surface area contributed by atoms with Crippen LogP contribution in [0.4, 0.5) is 0 Å². The van der Waals surface area contributed by atoms with Crippen LogP contribution in [0.5, 0.6) is 0 Å². The first-order chi connectivity index (χ1) is 8.79. The number of fused-ring (bicyclic) bond motifs is 1. The predicted molar refractivity (Wildman–Crippen MR) is 68.3 cm³/mol. The van der Waals surface area contributed by atoms with E-state index in [9.17, 15) is 0 Å². The van der Waals surface area contributed by atoms with E-state index in [-0.39, 0.29) is 0 Å². The fourth-order valence-electron chi connectivity index (χ4n) is 2.53. The van der Waals surface area contributed by atoms with E-state index in [1.54, 1.807) is 6.07 Å². The third-order valence-electron chi connectivity index (χ3n) is 3.50. The van der Waals surface area contributed by atoms with Gasteiger partial charge in [-0.05, 0) is 31.4 Å². The monoisotopic (exact) mass is 242 g/mol. The molecule has 0 bridgehead atoms. The number of aryl methyl sites for hydroxylation is 1. The molecule has 0 N–H and O–H groups in total. The molecule has 1 fully saturated rings. The molecule has 2 aromatic heterocycles. The van der Waals surface area contributed by atoms with E-state index in [2.05, 4.69) is 17.0 Å². The van der Waals surface area contributed by atoms with Crippen molar-refractivity contribution in [1.82, 2.24) is 14.8 Å². The molecular formula is C14H16N3O. The summed E-state index contributed by atoms with van der Waals surface area (Å²) < 4.78 is 7.40. The minimum Gasteiger partial charge on any atom is -0.381 e. The van der Waals surface area contributed by atoms with Gasteiger partial charge in [0, 0.05) is 18.6 Å². The Labute approximate surface area is 107 Å². The molecule has 0 spiro atoms. The number of pyridine rings is 1. The second kappa shape index (κ2) is 4.69. The van der Waals surface area contributed by atoms with Gasteiger partial charge in [-0.3, -0.25) is 0 Å². The quantitative estimate of drug-likeness (QED) is 0.811. The van der Waals surface area contributed by atoms with E-state index in [1.165, 1.54) is 0 Å². The molecule has 3 heterocycles. The highest BCUT2D eigenvalue weighted by Crippen LogP contribution is 2.26. The van der Waals surface area contributed by atoms with E-state index >= 15 is 0 Å². The third-order valence-corrected chi connectivity index (χ3v) is 3.50. The van der Waals surface area contributed by atoms with Gasteiger partial charge in [0.2, 0.25) is 0 Å². The molecule has 1 saturated heterocycles.